The van der Waals surface area contributed by atoms with E-state index < -0.39 is 102 Å². The molecule has 0 radical (unpaired) electrons. The fraction of sp³-hybridized carbons (Fsp3) is 0.711. The van der Waals surface area contributed by atoms with Crippen LogP contribution in [0.4, 0.5) is 0 Å². The monoisotopic (exact) mass is 973 g/mol. The van der Waals surface area contributed by atoms with Crippen LogP contribution in [0.1, 0.15) is 72.1 Å². The van der Waals surface area contributed by atoms with Crippen molar-refractivity contribution >= 4 is 98.4 Å². The predicted molar refractivity (Wildman–Crippen MR) is 251 cm³/mol. The van der Waals surface area contributed by atoms with Gasteiger partial charge >= 0.3 is 0 Å². The Morgan fingerprint density at radius 1 is 0.754 bits per heavy atom. The summed E-state index contributed by atoms with van der Waals surface area (Å²) in [4.78, 5) is 131. The minimum Gasteiger partial charge on any atom is -0.370 e. The third kappa shape index (κ3) is 21.1. The first-order valence-electron chi connectivity index (χ1n) is 21.2. The van der Waals surface area contributed by atoms with Crippen LogP contribution in [0.15, 0.2) is 9.98 Å². The van der Waals surface area contributed by atoms with Gasteiger partial charge in [0.1, 0.15) is 42.3 Å². The molecule has 2 aliphatic heterocycles. The van der Waals surface area contributed by atoms with Crippen LogP contribution in [-0.4, -0.2) is 162 Å². The molecule has 366 valence electrons. The largest absolute Gasteiger partial charge is 0.370 e. The average Bonchev–Trinajstić information content (AvgIpc) is 3.73. The van der Waals surface area contributed by atoms with Crippen molar-refractivity contribution in [2.24, 2.45) is 44.6 Å². The highest BCUT2D eigenvalue weighted by Gasteiger charge is 2.40. The molecule has 0 aromatic heterocycles. The minimum atomic E-state index is -1.25. The van der Waals surface area contributed by atoms with E-state index >= 15 is 0 Å². The number of rotatable bonds is 15. The van der Waals surface area contributed by atoms with E-state index in [0.717, 1.165) is 21.6 Å². The van der Waals surface area contributed by atoms with Gasteiger partial charge in [-0.25, -0.2) is 0 Å². The highest BCUT2D eigenvalue weighted by molar-refractivity contribution is 8.76. The molecule has 2 aliphatic rings. The molecule has 17 N–H and O–H groups in total. The molecule has 0 aromatic carbocycles. The number of primary amides is 1. The Kier molecular flexibility index (Phi) is 25.3. The second-order valence-electron chi connectivity index (χ2n) is 15.8. The molecule has 27 heteroatoms. The van der Waals surface area contributed by atoms with E-state index in [2.05, 4.69) is 47.2 Å². The molecule has 0 saturated carbocycles. The van der Waals surface area contributed by atoms with Crippen molar-refractivity contribution in [3.63, 3.8) is 0 Å². The summed E-state index contributed by atoms with van der Waals surface area (Å²) in [5.41, 5.74) is 27.5. The number of carbonyl (C=O) groups excluding carboxylic acids is 9. The number of hydrogen-bond acceptors (Lipinski definition) is 14. The number of nitrogens with one attached hydrogen (secondary N) is 7. The molecule has 24 nitrogen and oxygen atoms in total. The van der Waals surface area contributed by atoms with Gasteiger partial charge in [0.05, 0.1) is 6.54 Å². The van der Waals surface area contributed by atoms with Crippen LogP contribution in [0.2, 0.25) is 0 Å². The van der Waals surface area contributed by atoms with Gasteiger partial charge in [0.15, 0.2) is 11.9 Å². The average molecular weight is 974 g/mol. The lowest BCUT2D eigenvalue weighted by molar-refractivity contribution is -0.142. The van der Waals surface area contributed by atoms with Crippen LogP contribution in [-0.2, 0) is 43.2 Å². The topological polar surface area (TPSA) is 396 Å². The number of nitrogens with zero attached hydrogens (tertiary/aromatic N) is 3. The third-order valence-electron chi connectivity index (χ3n) is 9.91. The van der Waals surface area contributed by atoms with Gasteiger partial charge in [0.25, 0.3) is 0 Å². The lowest BCUT2D eigenvalue weighted by atomic mass is 10.0. The Labute approximate surface area is 391 Å². The summed E-state index contributed by atoms with van der Waals surface area (Å²) in [6.07, 6.45) is 3.30. The molecular weight excluding hydrogens is 907 g/mol. The zero-order valence-electron chi connectivity index (χ0n) is 37.4. The maximum atomic E-state index is 14.2. The normalized spacial score (nSPS) is 24.8. The summed E-state index contributed by atoms with van der Waals surface area (Å²) < 4.78 is 0. The quantitative estimate of drug-likeness (QED) is 0.0320. The molecule has 0 aromatic rings. The van der Waals surface area contributed by atoms with Crippen molar-refractivity contribution in [3.8, 4) is 0 Å². The van der Waals surface area contributed by atoms with Gasteiger partial charge in [0, 0.05) is 38.1 Å². The van der Waals surface area contributed by atoms with Crippen LogP contribution < -0.4 is 65.9 Å². The predicted octanol–water partition coefficient (Wildman–Crippen LogP) is -4.19. The van der Waals surface area contributed by atoms with Gasteiger partial charge in [-0.1, -0.05) is 35.4 Å². The van der Waals surface area contributed by atoms with Crippen molar-refractivity contribution in [1.82, 2.24) is 42.1 Å². The number of thioether (sulfide) groups is 1. The van der Waals surface area contributed by atoms with Gasteiger partial charge in [-0.15, -0.1) is 0 Å². The Balaban J connectivity index is 2.61. The zero-order valence-corrected chi connectivity index (χ0v) is 39.8. The molecule has 0 unspecified atom stereocenters. The SMILES string of the molecule is CSCC[C@@H]1NC(=O)[C@@H](NC(C)=O)CSSC[C@@H](C(N)=O)NC(=O)CNC(=O)[C@H](CCCN=C(N)N)NC(=O)[C@H](CC(C)C)NC(=O)[C@H](CCCN=C(N)N)NC(=O)[C@H]2CCCN2C1=O. The number of hydrogen-bond donors (Lipinski definition) is 12. The summed E-state index contributed by atoms with van der Waals surface area (Å²) in [5, 5.41) is 18.4. The molecule has 2 heterocycles. The maximum Gasteiger partial charge on any atom is 0.245 e. The molecule has 7 atom stereocenters. The summed E-state index contributed by atoms with van der Waals surface area (Å²) in [6.45, 7) is 4.64. The van der Waals surface area contributed by atoms with Gasteiger partial charge < -0.3 is 70.8 Å². The summed E-state index contributed by atoms with van der Waals surface area (Å²) in [5.74, 6) is -6.41. The number of nitrogens with two attached hydrogens (primary N) is 5. The molecule has 2 fully saturated rings. The van der Waals surface area contributed by atoms with Crippen LogP contribution in [0.25, 0.3) is 0 Å². The maximum absolute atomic E-state index is 14.2. The molecule has 0 spiro atoms. The minimum absolute atomic E-state index is 0.00577. The number of fused-ring (bicyclic) bond motifs is 1. The lowest BCUT2D eigenvalue weighted by Gasteiger charge is -2.31. The first-order valence-corrected chi connectivity index (χ1v) is 25.1. The van der Waals surface area contributed by atoms with Crippen LogP contribution >= 0.6 is 33.3 Å². The number of guanidine groups is 2. The van der Waals surface area contributed by atoms with Gasteiger partial charge in [-0.2, -0.15) is 11.8 Å². The van der Waals surface area contributed by atoms with E-state index in [1.807, 2.05) is 20.1 Å². The lowest BCUT2D eigenvalue weighted by Crippen LogP contribution is -2.59. The van der Waals surface area contributed by atoms with Crippen molar-refractivity contribution in [1.29, 1.82) is 0 Å². The first-order chi connectivity index (χ1) is 30.7. The molecule has 2 saturated heterocycles. The Bertz CT molecular complexity index is 1730. The smallest absolute Gasteiger partial charge is 0.245 e. The highest BCUT2D eigenvalue weighted by Crippen LogP contribution is 2.24. The van der Waals surface area contributed by atoms with Gasteiger partial charge in [-0.3, -0.25) is 53.1 Å². The third-order valence-corrected chi connectivity index (χ3v) is 13.0. The Morgan fingerprint density at radius 3 is 1.88 bits per heavy atom. The second kappa shape index (κ2) is 29.4. The van der Waals surface area contributed by atoms with Crippen molar-refractivity contribution in [2.45, 2.75) is 114 Å². The number of carbonyl (C=O) groups is 9. The molecule has 0 bridgehead atoms. The highest BCUT2D eigenvalue weighted by atomic mass is 33.1. The molecule has 65 heavy (non-hydrogen) atoms. The van der Waals surface area contributed by atoms with Crippen molar-refractivity contribution in [3.05, 3.63) is 0 Å². The van der Waals surface area contributed by atoms with E-state index in [4.69, 9.17) is 28.7 Å². The van der Waals surface area contributed by atoms with Crippen LogP contribution in [0.3, 0.4) is 0 Å². The number of aliphatic imine (C=N–C) groups is 2. The van der Waals surface area contributed by atoms with Gasteiger partial charge in [0.2, 0.25) is 53.2 Å². The fourth-order valence-corrected chi connectivity index (χ4v) is 9.53. The first kappa shape index (κ1) is 56.0. The molecule has 9 amide bonds. The summed E-state index contributed by atoms with van der Waals surface area (Å²) in [7, 11) is 2.17. The standard InChI is InChI=1S/C38H67N15O9S3/c1-20(2)16-25-33(59)49-22(8-5-12-44-37(40)41)31(57)46-17-29(55)48-26(30(39)56)18-64-65-19-27(47-21(3)54)34(60)51-24(11-15-63-4)36(62)53-14-7-10-28(53)35(61)50-23(32(58)52-25)9-6-13-45-38(42)43/h20,22-28H,5-19H2,1-4H3,(H2,39,56)(H,46,57)(H,47,54)(H,48,55)(H,49,59)(H,50,61)(H,51,60)(H,52,58)(H4,40,41,44)(H4,42,43,45)/t22-,23-,24-,25-,26-,27-,28+/m0/s1. The fourth-order valence-electron chi connectivity index (χ4n) is 6.72. The second-order valence-corrected chi connectivity index (χ2v) is 19.3. The molecule has 0 aliphatic carbocycles. The Hall–Kier alpha value is -5.18. The van der Waals surface area contributed by atoms with Crippen molar-refractivity contribution in [2.75, 3.05) is 49.7 Å². The zero-order chi connectivity index (χ0) is 48.6. The van der Waals surface area contributed by atoms with E-state index in [0.29, 0.717) is 12.2 Å². The van der Waals surface area contributed by atoms with Crippen molar-refractivity contribution < 1.29 is 43.2 Å². The van der Waals surface area contributed by atoms with E-state index in [9.17, 15) is 43.2 Å². The summed E-state index contributed by atoms with van der Waals surface area (Å²) >= 11 is 1.44. The number of amides is 9. The molecular formula is C38H67N15O9S3. The van der Waals surface area contributed by atoms with Crippen LogP contribution in [0, 0.1) is 5.92 Å². The van der Waals surface area contributed by atoms with Crippen LogP contribution in [0.5, 0.6) is 0 Å². The van der Waals surface area contributed by atoms with E-state index in [1.165, 1.54) is 23.6 Å². The summed E-state index contributed by atoms with van der Waals surface area (Å²) in [6, 6.07) is -8.15. The van der Waals surface area contributed by atoms with E-state index in [1.54, 1.807) is 0 Å². The Morgan fingerprint density at radius 2 is 1.31 bits per heavy atom. The molecule has 2 rings (SSSR count). The van der Waals surface area contributed by atoms with E-state index in [-0.39, 0.29) is 93.9 Å². The van der Waals surface area contributed by atoms with Gasteiger partial charge in [-0.05, 0) is 69.3 Å².